The number of imidazole rings is 1. The third kappa shape index (κ3) is 4.90. The van der Waals surface area contributed by atoms with Crippen LogP contribution in [0.4, 0.5) is 4.79 Å². The maximum atomic E-state index is 11.7. The van der Waals surface area contributed by atoms with Crippen LogP contribution in [-0.2, 0) is 17.7 Å². The van der Waals surface area contributed by atoms with Gasteiger partial charge in [0.05, 0.1) is 11.9 Å². The highest BCUT2D eigenvalue weighted by molar-refractivity contribution is 5.68. The molecule has 5 nitrogen and oxygen atoms in total. The lowest BCUT2D eigenvalue weighted by atomic mass is 10.1. The van der Waals surface area contributed by atoms with E-state index in [0.717, 1.165) is 25.1 Å². The molecule has 1 amide bonds. The third-order valence-electron chi connectivity index (χ3n) is 3.54. The first-order chi connectivity index (χ1) is 10.3. The predicted molar refractivity (Wildman–Crippen MR) is 87.6 cm³/mol. The summed E-state index contributed by atoms with van der Waals surface area (Å²) in [7, 11) is 0. The monoisotopic (exact) mass is 305 g/mol. The van der Waals surface area contributed by atoms with E-state index in [9.17, 15) is 4.79 Å². The van der Waals surface area contributed by atoms with Crippen molar-refractivity contribution in [1.29, 1.82) is 0 Å². The van der Waals surface area contributed by atoms with E-state index >= 15 is 0 Å². The standard InChI is InChI=1S/C17H27N3O2/c1-13(19-16(21)22-17(2,3)4)8-7-9-14-12-18-15-10-5-6-11-20(14)15/h7,9,12-13H,5-6,8,10-11H2,1-4H3,(H,19,21)/b9-7+/t13-/m0/s1. The summed E-state index contributed by atoms with van der Waals surface area (Å²) < 4.78 is 7.53. The molecule has 2 heterocycles. The Labute approximate surface area is 132 Å². The molecule has 1 aromatic heterocycles. The van der Waals surface area contributed by atoms with Crippen LogP contribution in [-0.4, -0.2) is 27.3 Å². The molecule has 2 rings (SSSR count). The van der Waals surface area contributed by atoms with Crippen molar-refractivity contribution in [2.45, 2.75) is 71.6 Å². The van der Waals surface area contributed by atoms with Crippen molar-refractivity contribution in [3.63, 3.8) is 0 Å². The van der Waals surface area contributed by atoms with Crippen LogP contribution in [0.15, 0.2) is 12.3 Å². The number of hydrogen-bond acceptors (Lipinski definition) is 3. The molecule has 0 saturated heterocycles. The molecule has 1 N–H and O–H groups in total. The average Bonchev–Trinajstić information content (AvgIpc) is 2.80. The van der Waals surface area contributed by atoms with Gasteiger partial charge in [-0.25, -0.2) is 9.78 Å². The minimum absolute atomic E-state index is 0.0369. The molecule has 0 unspecified atom stereocenters. The lowest BCUT2D eigenvalue weighted by Crippen LogP contribution is -2.37. The van der Waals surface area contributed by atoms with Gasteiger partial charge in [0.25, 0.3) is 0 Å². The number of aromatic nitrogens is 2. The summed E-state index contributed by atoms with van der Waals surface area (Å²) in [4.78, 5) is 16.1. The summed E-state index contributed by atoms with van der Waals surface area (Å²) in [5.41, 5.74) is 0.690. The van der Waals surface area contributed by atoms with Gasteiger partial charge in [-0.3, -0.25) is 0 Å². The molecule has 0 fully saturated rings. The lowest BCUT2D eigenvalue weighted by molar-refractivity contribution is 0.0509. The van der Waals surface area contributed by atoms with Crippen LogP contribution in [0.25, 0.3) is 6.08 Å². The molecule has 5 heteroatoms. The van der Waals surface area contributed by atoms with E-state index in [-0.39, 0.29) is 12.1 Å². The first kappa shape index (κ1) is 16.6. The number of alkyl carbamates (subject to hydrolysis) is 1. The zero-order valence-corrected chi connectivity index (χ0v) is 14.1. The first-order valence-electron chi connectivity index (χ1n) is 8.05. The van der Waals surface area contributed by atoms with Gasteiger partial charge in [0.1, 0.15) is 11.4 Å². The molecule has 0 spiro atoms. The smallest absolute Gasteiger partial charge is 0.407 e. The van der Waals surface area contributed by atoms with Gasteiger partial charge >= 0.3 is 6.09 Å². The number of carbonyl (C=O) groups is 1. The van der Waals surface area contributed by atoms with Gasteiger partial charge in [-0.2, -0.15) is 0 Å². The summed E-state index contributed by atoms with van der Waals surface area (Å²) in [6.45, 7) is 8.61. The summed E-state index contributed by atoms with van der Waals surface area (Å²) in [6.07, 6.45) is 10.0. The molecule has 22 heavy (non-hydrogen) atoms. The van der Waals surface area contributed by atoms with E-state index < -0.39 is 5.60 Å². The van der Waals surface area contributed by atoms with Crippen LogP contribution < -0.4 is 5.32 Å². The van der Waals surface area contributed by atoms with Gasteiger partial charge in [-0.15, -0.1) is 0 Å². The second kappa shape index (κ2) is 6.99. The second-order valence-corrected chi connectivity index (χ2v) is 6.89. The van der Waals surface area contributed by atoms with Gasteiger partial charge in [0.2, 0.25) is 0 Å². The van der Waals surface area contributed by atoms with Gasteiger partial charge in [-0.1, -0.05) is 6.08 Å². The van der Waals surface area contributed by atoms with Crippen molar-refractivity contribution in [1.82, 2.24) is 14.9 Å². The number of carbonyl (C=O) groups excluding carboxylic acids is 1. The second-order valence-electron chi connectivity index (χ2n) is 6.89. The number of aryl methyl sites for hydroxylation is 1. The molecule has 122 valence electrons. The average molecular weight is 305 g/mol. The summed E-state index contributed by atoms with van der Waals surface area (Å²) in [5.74, 6) is 1.19. The maximum Gasteiger partial charge on any atom is 0.407 e. The Morgan fingerprint density at radius 2 is 2.27 bits per heavy atom. The first-order valence-corrected chi connectivity index (χ1v) is 8.05. The van der Waals surface area contributed by atoms with Crippen LogP contribution in [0, 0.1) is 0 Å². The quantitative estimate of drug-likeness (QED) is 0.925. The number of rotatable bonds is 4. The largest absolute Gasteiger partial charge is 0.444 e. The van der Waals surface area contributed by atoms with Crippen LogP contribution in [0.5, 0.6) is 0 Å². The molecule has 0 radical (unpaired) electrons. The Kier molecular flexibility index (Phi) is 5.27. The number of nitrogens with one attached hydrogen (secondary N) is 1. The minimum atomic E-state index is -0.462. The van der Waals surface area contributed by atoms with Crippen molar-refractivity contribution < 1.29 is 9.53 Å². The molecule has 1 aliphatic heterocycles. The van der Waals surface area contributed by atoms with E-state index in [1.54, 1.807) is 0 Å². The summed E-state index contributed by atoms with van der Waals surface area (Å²) in [5, 5.41) is 2.84. The molecule has 0 aromatic carbocycles. The van der Waals surface area contributed by atoms with E-state index in [2.05, 4.69) is 27.0 Å². The Morgan fingerprint density at radius 1 is 1.50 bits per heavy atom. The van der Waals surface area contributed by atoms with E-state index in [4.69, 9.17) is 4.74 Å². The van der Waals surface area contributed by atoms with Crippen LogP contribution in [0.2, 0.25) is 0 Å². The van der Waals surface area contributed by atoms with E-state index in [1.165, 1.54) is 18.7 Å². The Bertz CT molecular complexity index is 541. The highest BCUT2D eigenvalue weighted by atomic mass is 16.6. The van der Waals surface area contributed by atoms with Crippen molar-refractivity contribution in [2.24, 2.45) is 0 Å². The van der Waals surface area contributed by atoms with Gasteiger partial charge in [0, 0.05) is 19.0 Å². The number of amides is 1. The maximum absolute atomic E-state index is 11.7. The van der Waals surface area contributed by atoms with E-state index in [0.29, 0.717) is 0 Å². The molecule has 1 atom stereocenters. The Morgan fingerprint density at radius 3 is 3.00 bits per heavy atom. The molecule has 0 aliphatic carbocycles. The number of nitrogens with zero attached hydrogens (tertiary/aromatic N) is 2. The van der Waals surface area contributed by atoms with Gasteiger partial charge in [0.15, 0.2) is 0 Å². The minimum Gasteiger partial charge on any atom is -0.444 e. The number of fused-ring (bicyclic) bond motifs is 1. The highest BCUT2D eigenvalue weighted by Crippen LogP contribution is 2.17. The van der Waals surface area contributed by atoms with Crippen molar-refractivity contribution in [3.05, 3.63) is 23.8 Å². The normalized spacial score (nSPS) is 16.4. The zero-order chi connectivity index (χ0) is 16.2. The molecule has 0 saturated carbocycles. The van der Waals surface area contributed by atoms with Crippen molar-refractivity contribution >= 4 is 12.2 Å². The predicted octanol–water partition coefficient (Wildman–Crippen LogP) is 3.54. The Hall–Kier alpha value is -1.78. The van der Waals surface area contributed by atoms with Crippen LogP contribution in [0.3, 0.4) is 0 Å². The number of ether oxygens (including phenoxy) is 1. The van der Waals surface area contributed by atoms with Crippen molar-refractivity contribution in [2.75, 3.05) is 0 Å². The molecule has 1 aromatic rings. The van der Waals surface area contributed by atoms with Gasteiger partial charge in [-0.05, 0) is 53.0 Å². The molecule has 1 aliphatic rings. The number of hydrogen-bond donors (Lipinski definition) is 1. The van der Waals surface area contributed by atoms with Gasteiger partial charge < -0.3 is 14.6 Å². The zero-order valence-electron chi connectivity index (χ0n) is 14.1. The SMILES string of the molecule is C[C@@H](C/C=C/c1cnc2n1CCCC2)NC(=O)OC(C)(C)C. The van der Waals surface area contributed by atoms with Crippen LogP contribution >= 0.6 is 0 Å². The third-order valence-corrected chi connectivity index (χ3v) is 3.54. The molecular formula is C17H27N3O2. The molecular weight excluding hydrogens is 278 g/mol. The Balaban J connectivity index is 1.82. The van der Waals surface area contributed by atoms with E-state index in [1.807, 2.05) is 33.9 Å². The fourth-order valence-corrected chi connectivity index (χ4v) is 2.53. The summed E-state index contributed by atoms with van der Waals surface area (Å²) >= 11 is 0. The topological polar surface area (TPSA) is 56.2 Å². The van der Waals surface area contributed by atoms with Crippen LogP contribution in [0.1, 0.15) is 58.5 Å². The fourth-order valence-electron chi connectivity index (χ4n) is 2.53. The van der Waals surface area contributed by atoms with Crippen molar-refractivity contribution in [3.8, 4) is 0 Å². The molecule has 0 bridgehead atoms. The lowest BCUT2D eigenvalue weighted by Gasteiger charge is -2.21. The highest BCUT2D eigenvalue weighted by Gasteiger charge is 2.17. The summed E-state index contributed by atoms with van der Waals surface area (Å²) in [6, 6.07) is 0.0369. The fraction of sp³-hybridized carbons (Fsp3) is 0.647.